The van der Waals surface area contributed by atoms with E-state index in [0.29, 0.717) is 18.6 Å². The summed E-state index contributed by atoms with van der Waals surface area (Å²) >= 11 is 0. The van der Waals surface area contributed by atoms with Gasteiger partial charge in [-0.15, -0.1) is 0 Å². The number of nitro benzene ring substituents is 1. The van der Waals surface area contributed by atoms with Crippen LogP contribution in [-0.4, -0.2) is 30.1 Å². The van der Waals surface area contributed by atoms with Crippen molar-refractivity contribution in [3.8, 4) is 0 Å². The molecule has 0 bridgehead atoms. The highest BCUT2D eigenvalue weighted by Gasteiger charge is 2.19. The number of non-ortho nitro benzene ring substituents is 1. The molecule has 1 aromatic rings. The molecule has 0 spiro atoms. The van der Waals surface area contributed by atoms with Gasteiger partial charge in [-0.25, -0.2) is 0 Å². The highest BCUT2D eigenvalue weighted by atomic mass is 16.6. The van der Waals surface area contributed by atoms with Gasteiger partial charge in [-0.05, 0) is 37.7 Å². The zero-order valence-electron chi connectivity index (χ0n) is 12.8. The highest BCUT2D eigenvalue weighted by Crippen LogP contribution is 2.22. The summed E-state index contributed by atoms with van der Waals surface area (Å²) in [4.78, 5) is 22.0. The molecule has 1 aromatic carbocycles. The summed E-state index contributed by atoms with van der Waals surface area (Å²) in [5, 5.41) is 13.5. The van der Waals surface area contributed by atoms with Gasteiger partial charge in [-0.2, -0.15) is 0 Å². The van der Waals surface area contributed by atoms with E-state index in [4.69, 9.17) is 4.74 Å². The maximum atomic E-state index is 11.9. The van der Waals surface area contributed by atoms with Crippen LogP contribution in [0.25, 0.3) is 0 Å². The summed E-state index contributed by atoms with van der Waals surface area (Å²) < 4.78 is 5.51. The lowest BCUT2D eigenvalue weighted by Gasteiger charge is -2.27. The van der Waals surface area contributed by atoms with E-state index in [2.05, 4.69) is 12.2 Å². The Morgan fingerprint density at radius 2 is 2.14 bits per heavy atom. The number of carbonyl (C=O) groups excluding carboxylic acids is 1. The van der Waals surface area contributed by atoms with Crippen LogP contribution < -0.4 is 5.32 Å². The van der Waals surface area contributed by atoms with Crippen molar-refractivity contribution in [2.75, 3.05) is 13.2 Å². The molecule has 6 nitrogen and oxygen atoms in total. The fourth-order valence-corrected chi connectivity index (χ4v) is 2.75. The van der Waals surface area contributed by atoms with Crippen LogP contribution in [0.2, 0.25) is 0 Å². The van der Waals surface area contributed by atoms with Crippen molar-refractivity contribution >= 4 is 11.6 Å². The van der Waals surface area contributed by atoms with Crippen molar-refractivity contribution in [1.29, 1.82) is 0 Å². The van der Waals surface area contributed by atoms with Crippen LogP contribution in [-0.2, 0) is 16.0 Å². The van der Waals surface area contributed by atoms with Gasteiger partial charge in [-0.3, -0.25) is 14.9 Å². The number of benzene rings is 1. The number of hydrogen-bond acceptors (Lipinski definition) is 4. The molecular weight excluding hydrogens is 284 g/mol. The van der Waals surface area contributed by atoms with Crippen molar-refractivity contribution in [2.24, 2.45) is 5.92 Å². The van der Waals surface area contributed by atoms with Crippen molar-refractivity contribution in [2.45, 2.75) is 38.7 Å². The molecule has 0 radical (unpaired) electrons. The number of nitro groups is 1. The minimum absolute atomic E-state index is 0.0396. The first-order valence-electron chi connectivity index (χ1n) is 7.66. The SMILES string of the molecule is C[C@@H]1C[C@H](CCNC(=O)Cc2ccc([N+](=O)[O-])cc2)CCO1. The molecule has 1 saturated heterocycles. The Labute approximate surface area is 130 Å². The maximum absolute atomic E-state index is 11.9. The topological polar surface area (TPSA) is 81.5 Å². The Kier molecular flexibility index (Phi) is 5.89. The summed E-state index contributed by atoms with van der Waals surface area (Å²) in [6.07, 6.45) is 3.65. The molecule has 1 aliphatic rings. The summed E-state index contributed by atoms with van der Waals surface area (Å²) in [5.41, 5.74) is 0.820. The average Bonchev–Trinajstić information content (AvgIpc) is 2.48. The minimum Gasteiger partial charge on any atom is -0.378 e. The summed E-state index contributed by atoms with van der Waals surface area (Å²) in [6.45, 7) is 3.56. The first kappa shape index (κ1) is 16.4. The minimum atomic E-state index is -0.446. The van der Waals surface area contributed by atoms with Gasteiger partial charge in [0.2, 0.25) is 5.91 Å². The highest BCUT2D eigenvalue weighted by molar-refractivity contribution is 5.78. The van der Waals surface area contributed by atoms with Gasteiger partial charge in [-0.1, -0.05) is 12.1 Å². The number of nitrogens with one attached hydrogen (secondary N) is 1. The third-order valence-electron chi connectivity index (χ3n) is 3.98. The largest absolute Gasteiger partial charge is 0.378 e. The fourth-order valence-electron chi connectivity index (χ4n) is 2.75. The van der Waals surface area contributed by atoms with Crippen molar-refractivity contribution in [3.63, 3.8) is 0 Å². The van der Waals surface area contributed by atoms with Gasteiger partial charge in [0.25, 0.3) is 5.69 Å². The van der Waals surface area contributed by atoms with Crippen LogP contribution in [0.5, 0.6) is 0 Å². The van der Waals surface area contributed by atoms with E-state index in [1.54, 1.807) is 12.1 Å². The Morgan fingerprint density at radius 1 is 1.41 bits per heavy atom. The molecule has 2 atom stereocenters. The third kappa shape index (κ3) is 5.11. The van der Waals surface area contributed by atoms with Gasteiger partial charge in [0.15, 0.2) is 0 Å². The van der Waals surface area contributed by atoms with Gasteiger partial charge < -0.3 is 10.1 Å². The maximum Gasteiger partial charge on any atom is 0.269 e. The molecular formula is C16H22N2O4. The second kappa shape index (κ2) is 7.89. The lowest BCUT2D eigenvalue weighted by molar-refractivity contribution is -0.384. The summed E-state index contributed by atoms with van der Waals surface area (Å²) in [7, 11) is 0. The molecule has 0 aromatic heterocycles. The van der Waals surface area contributed by atoms with E-state index in [9.17, 15) is 14.9 Å². The molecule has 22 heavy (non-hydrogen) atoms. The van der Waals surface area contributed by atoms with Crippen LogP contribution >= 0.6 is 0 Å². The van der Waals surface area contributed by atoms with E-state index in [0.717, 1.165) is 31.4 Å². The van der Waals surface area contributed by atoms with Crippen molar-refractivity contribution in [1.82, 2.24) is 5.32 Å². The summed E-state index contributed by atoms with van der Waals surface area (Å²) in [6, 6.07) is 6.09. The van der Waals surface area contributed by atoms with E-state index in [-0.39, 0.29) is 18.0 Å². The molecule has 1 fully saturated rings. The molecule has 0 saturated carbocycles. The zero-order chi connectivity index (χ0) is 15.9. The van der Waals surface area contributed by atoms with Crippen LogP contribution in [0.15, 0.2) is 24.3 Å². The predicted octanol–water partition coefficient (Wildman–Crippen LogP) is 2.46. The second-order valence-corrected chi connectivity index (χ2v) is 5.81. The number of rotatable bonds is 6. The molecule has 6 heteroatoms. The van der Waals surface area contributed by atoms with Gasteiger partial charge in [0.1, 0.15) is 0 Å². The Bertz CT molecular complexity index is 515. The van der Waals surface area contributed by atoms with Crippen LogP contribution in [0.3, 0.4) is 0 Å². The molecule has 2 rings (SSSR count). The number of carbonyl (C=O) groups is 1. The Morgan fingerprint density at radius 3 is 2.77 bits per heavy atom. The second-order valence-electron chi connectivity index (χ2n) is 5.81. The molecule has 0 unspecified atom stereocenters. The van der Waals surface area contributed by atoms with E-state index < -0.39 is 4.92 Å². The first-order chi connectivity index (χ1) is 10.5. The van der Waals surface area contributed by atoms with Crippen LogP contribution in [0.1, 0.15) is 31.7 Å². The third-order valence-corrected chi connectivity index (χ3v) is 3.98. The lowest BCUT2D eigenvalue weighted by Crippen LogP contribution is -2.30. The fraction of sp³-hybridized carbons (Fsp3) is 0.562. The smallest absolute Gasteiger partial charge is 0.269 e. The monoisotopic (exact) mass is 306 g/mol. The van der Waals surface area contributed by atoms with Gasteiger partial charge in [0.05, 0.1) is 17.4 Å². The summed E-state index contributed by atoms with van der Waals surface area (Å²) in [5.74, 6) is 0.567. The Hall–Kier alpha value is -1.95. The van der Waals surface area contributed by atoms with Crippen LogP contribution in [0.4, 0.5) is 5.69 Å². The number of nitrogens with zero attached hydrogens (tertiary/aromatic N) is 1. The van der Waals surface area contributed by atoms with Crippen molar-refractivity contribution < 1.29 is 14.5 Å². The normalized spacial score (nSPS) is 21.3. The van der Waals surface area contributed by atoms with E-state index >= 15 is 0 Å². The van der Waals surface area contributed by atoms with Gasteiger partial charge >= 0.3 is 0 Å². The Balaban J connectivity index is 1.70. The standard InChI is InChI=1S/C16H22N2O4/c1-12-10-14(7-9-22-12)6-8-17-16(19)11-13-2-4-15(5-3-13)18(20)21/h2-5,12,14H,6-11H2,1H3,(H,17,19)/t12-,14-/m1/s1. The van der Waals surface area contributed by atoms with Gasteiger partial charge in [0, 0.05) is 25.3 Å². The van der Waals surface area contributed by atoms with E-state index in [1.165, 1.54) is 12.1 Å². The lowest BCUT2D eigenvalue weighted by atomic mass is 9.93. The molecule has 1 heterocycles. The number of hydrogen-bond donors (Lipinski definition) is 1. The quantitative estimate of drug-likeness (QED) is 0.646. The van der Waals surface area contributed by atoms with Crippen LogP contribution in [0, 0.1) is 16.0 Å². The van der Waals surface area contributed by atoms with Crippen molar-refractivity contribution in [3.05, 3.63) is 39.9 Å². The molecule has 1 amide bonds. The zero-order valence-corrected chi connectivity index (χ0v) is 12.8. The molecule has 120 valence electrons. The predicted molar refractivity (Wildman–Crippen MR) is 82.6 cm³/mol. The molecule has 1 aliphatic heterocycles. The average molecular weight is 306 g/mol. The van der Waals surface area contributed by atoms with E-state index in [1.807, 2.05) is 0 Å². The molecule has 1 N–H and O–H groups in total. The number of amides is 1. The first-order valence-corrected chi connectivity index (χ1v) is 7.66. The number of ether oxygens (including phenoxy) is 1. The molecule has 0 aliphatic carbocycles.